The average Bonchev–Trinajstić information content (AvgIpc) is 2.71. The Morgan fingerprint density at radius 1 is 1.21 bits per heavy atom. The molecule has 0 spiro atoms. The van der Waals surface area contributed by atoms with Gasteiger partial charge in [0.05, 0.1) is 10.9 Å². The van der Waals surface area contributed by atoms with Gasteiger partial charge in [-0.25, -0.2) is 0 Å². The molecule has 0 radical (unpaired) electrons. The summed E-state index contributed by atoms with van der Waals surface area (Å²) < 4.78 is 1.29. The van der Waals surface area contributed by atoms with Gasteiger partial charge in [0.25, 0.3) is 5.56 Å². The molecule has 1 heterocycles. The van der Waals surface area contributed by atoms with Gasteiger partial charge in [-0.3, -0.25) is 9.59 Å². The number of carbonyl (C=O) groups excluding carboxylic acids is 1. The van der Waals surface area contributed by atoms with Crippen LogP contribution in [0.1, 0.15) is 25.0 Å². The minimum absolute atomic E-state index is 0.124. The van der Waals surface area contributed by atoms with Crippen molar-refractivity contribution in [3.63, 3.8) is 0 Å². The van der Waals surface area contributed by atoms with Gasteiger partial charge in [0.15, 0.2) is 0 Å². The van der Waals surface area contributed by atoms with E-state index in [1.54, 1.807) is 18.2 Å². The Kier molecular flexibility index (Phi) is 6.77. The van der Waals surface area contributed by atoms with Crippen molar-refractivity contribution in [3.05, 3.63) is 81.1 Å². The molecule has 7 heteroatoms. The van der Waals surface area contributed by atoms with Crippen LogP contribution in [0.2, 0.25) is 5.02 Å². The molecule has 0 saturated heterocycles. The molecule has 2 aromatic carbocycles. The lowest BCUT2D eigenvalue weighted by Gasteiger charge is -2.13. The van der Waals surface area contributed by atoms with Crippen molar-refractivity contribution in [2.24, 2.45) is 0 Å². The Bertz CT molecular complexity index is 1100. The lowest BCUT2D eigenvalue weighted by atomic mass is 10.1. The summed E-state index contributed by atoms with van der Waals surface area (Å²) in [5.41, 5.74) is 3.18. The molecule has 3 aromatic rings. The Hall–Kier alpha value is -2.57. The van der Waals surface area contributed by atoms with Crippen molar-refractivity contribution < 1.29 is 4.79 Å². The number of aromatic nitrogens is 2. The minimum atomic E-state index is -0.389. The molecule has 1 N–H and O–H groups in total. The van der Waals surface area contributed by atoms with Crippen molar-refractivity contribution in [3.8, 4) is 5.69 Å². The van der Waals surface area contributed by atoms with Gasteiger partial charge in [-0.15, -0.1) is 0 Å². The molecule has 0 aliphatic rings. The number of anilines is 1. The number of thioether (sulfide) groups is 1. The summed E-state index contributed by atoms with van der Waals surface area (Å²) in [5, 5.41) is 8.09. The normalized spacial score (nSPS) is 11.9. The second-order valence-corrected chi connectivity index (χ2v) is 8.43. The molecule has 0 unspecified atom stereocenters. The van der Waals surface area contributed by atoms with Crippen LogP contribution in [0.15, 0.2) is 64.4 Å². The fourth-order valence-electron chi connectivity index (χ4n) is 2.70. The highest BCUT2D eigenvalue weighted by Gasteiger charge is 2.16. The largest absolute Gasteiger partial charge is 0.325 e. The summed E-state index contributed by atoms with van der Waals surface area (Å²) in [4.78, 5) is 24.8. The van der Waals surface area contributed by atoms with Gasteiger partial charge >= 0.3 is 0 Å². The highest BCUT2D eigenvalue weighted by molar-refractivity contribution is 8.00. The smallest absolute Gasteiger partial charge is 0.271 e. The van der Waals surface area contributed by atoms with Gasteiger partial charge in [-0.1, -0.05) is 48.5 Å². The minimum Gasteiger partial charge on any atom is -0.325 e. The number of nitrogens with one attached hydrogen (secondary N) is 1. The number of hydrogen-bond donors (Lipinski definition) is 1. The highest BCUT2D eigenvalue weighted by Crippen LogP contribution is 2.23. The molecule has 5 nitrogen and oxygen atoms in total. The Balaban J connectivity index is 1.76. The third-order valence-electron chi connectivity index (χ3n) is 4.45. The molecule has 29 heavy (non-hydrogen) atoms. The van der Waals surface area contributed by atoms with Gasteiger partial charge in [0.1, 0.15) is 5.03 Å². The van der Waals surface area contributed by atoms with Gasteiger partial charge < -0.3 is 5.32 Å². The third kappa shape index (κ3) is 5.28. The van der Waals surface area contributed by atoms with Crippen LogP contribution >= 0.6 is 23.4 Å². The first kappa shape index (κ1) is 21.1. The number of aryl methyl sites for hydroxylation is 2. The SMILES string of the molecule is CCc1cccc(NC(=O)[C@H](C)Sc2ccc(=O)n(-c3ccc(C)c(Cl)c3)n2)c1. The quantitative estimate of drug-likeness (QED) is 0.569. The van der Waals surface area contributed by atoms with Crippen molar-refractivity contribution in [2.75, 3.05) is 5.32 Å². The highest BCUT2D eigenvalue weighted by atomic mass is 35.5. The zero-order valence-corrected chi connectivity index (χ0v) is 18.1. The predicted molar refractivity (Wildman–Crippen MR) is 119 cm³/mol. The lowest BCUT2D eigenvalue weighted by molar-refractivity contribution is -0.115. The topological polar surface area (TPSA) is 64.0 Å². The second kappa shape index (κ2) is 9.29. The van der Waals surface area contributed by atoms with Crippen LogP contribution < -0.4 is 10.9 Å². The third-order valence-corrected chi connectivity index (χ3v) is 5.88. The molecule has 1 aromatic heterocycles. The molecule has 1 atom stereocenters. The van der Waals surface area contributed by atoms with Crippen LogP contribution in [0.25, 0.3) is 5.69 Å². The number of hydrogen-bond acceptors (Lipinski definition) is 4. The summed E-state index contributed by atoms with van der Waals surface area (Å²) in [6.45, 7) is 5.77. The van der Waals surface area contributed by atoms with Gasteiger partial charge in [0.2, 0.25) is 5.91 Å². The van der Waals surface area contributed by atoms with E-state index in [0.717, 1.165) is 23.2 Å². The summed E-state index contributed by atoms with van der Waals surface area (Å²) >= 11 is 7.47. The molecule has 3 rings (SSSR count). The first-order chi connectivity index (χ1) is 13.9. The van der Waals surface area contributed by atoms with Crippen LogP contribution in [-0.2, 0) is 11.2 Å². The number of nitrogens with zero attached hydrogens (tertiary/aromatic N) is 2. The predicted octanol–water partition coefficient (Wildman–Crippen LogP) is 4.88. The van der Waals surface area contributed by atoms with E-state index < -0.39 is 0 Å². The molecule has 0 bridgehead atoms. The second-order valence-electron chi connectivity index (χ2n) is 6.66. The van der Waals surface area contributed by atoms with Gasteiger partial charge in [-0.2, -0.15) is 9.78 Å². The van der Waals surface area contributed by atoms with Crippen molar-refractivity contribution >= 4 is 35.0 Å². The number of carbonyl (C=O) groups is 1. The molecular formula is C22H22ClN3O2S. The van der Waals surface area contributed by atoms with E-state index in [-0.39, 0.29) is 16.7 Å². The lowest BCUT2D eigenvalue weighted by Crippen LogP contribution is -2.24. The molecule has 1 amide bonds. The van der Waals surface area contributed by atoms with Gasteiger partial charge in [-0.05, 0) is 61.7 Å². The fraction of sp³-hybridized carbons (Fsp3) is 0.227. The molecule has 150 valence electrons. The Labute approximate surface area is 179 Å². The number of halogens is 1. The summed E-state index contributed by atoms with van der Waals surface area (Å²) in [6.07, 6.45) is 0.905. The molecule has 0 fully saturated rings. The first-order valence-electron chi connectivity index (χ1n) is 9.30. The van der Waals surface area contributed by atoms with E-state index in [0.29, 0.717) is 15.7 Å². The van der Waals surface area contributed by atoms with E-state index >= 15 is 0 Å². The summed E-state index contributed by atoms with van der Waals surface area (Å²) in [7, 11) is 0. The van der Waals surface area contributed by atoms with E-state index in [1.165, 1.54) is 22.5 Å². The van der Waals surface area contributed by atoms with Crippen molar-refractivity contribution in [1.82, 2.24) is 9.78 Å². The number of benzene rings is 2. The van der Waals surface area contributed by atoms with Crippen LogP contribution in [0.5, 0.6) is 0 Å². The van der Waals surface area contributed by atoms with Crippen LogP contribution in [0, 0.1) is 6.92 Å². The fourth-order valence-corrected chi connectivity index (χ4v) is 3.68. The van der Waals surface area contributed by atoms with E-state index in [1.807, 2.05) is 44.2 Å². The van der Waals surface area contributed by atoms with Crippen molar-refractivity contribution in [2.45, 2.75) is 37.5 Å². The first-order valence-corrected chi connectivity index (χ1v) is 10.6. The molecule has 0 saturated carbocycles. The maximum absolute atomic E-state index is 12.6. The summed E-state index contributed by atoms with van der Waals surface area (Å²) in [5.74, 6) is -0.124. The molecular weight excluding hydrogens is 406 g/mol. The van der Waals surface area contributed by atoms with E-state index in [2.05, 4.69) is 17.3 Å². The molecule has 0 aliphatic carbocycles. The van der Waals surface area contributed by atoms with E-state index in [4.69, 9.17) is 11.6 Å². The zero-order chi connectivity index (χ0) is 21.0. The maximum atomic E-state index is 12.6. The summed E-state index contributed by atoms with van der Waals surface area (Å²) in [6, 6.07) is 16.2. The number of rotatable bonds is 6. The van der Waals surface area contributed by atoms with Gasteiger partial charge in [0, 0.05) is 16.8 Å². The standard InChI is InChI=1S/C22H22ClN3O2S/c1-4-16-6-5-7-17(12-16)24-22(28)15(3)29-20-10-11-21(27)26(25-20)18-9-8-14(2)19(23)13-18/h5-13,15H,4H2,1-3H3,(H,24,28)/t15-/m0/s1. The molecule has 0 aliphatic heterocycles. The zero-order valence-electron chi connectivity index (χ0n) is 16.5. The van der Waals surface area contributed by atoms with Crippen LogP contribution in [0.4, 0.5) is 5.69 Å². The van der Waals surface area contributed by atoms with Crippen LogP contribution in [0.3, 0.4) is 0 Å². The number of amides is 1. The van der Waals surface area contributed by atoms with Crippen molar-refractivity contribution in [1.29, 1.82) is 0 Å². The Morgan fingerprint density at radius 3 is 2.72 bits per heavy atom. The average molecular weight is 428 g/mol. The Morgan fingerprint density at radius 2 is 2.00 bits per heavy atom. The maximum Gasteiger partial charge on any atom is 0.271 e. The monoisotopic (exact) mass is 427 g/mol. The van der Waals surface area contributed by atoms with Crippen LogP contribution in [-0.4, -0.2) is 20.9 Å². The van der Waals surface area contributed by atoms with E-state index in [9.17, 15) is 9.59 Å².